The topological polar surface area (TPSA) is 51.6 Å². The number of aromatic nitrogens is 1. The summed E-state index contributed by atoms with van der Waals surface area (Å²) in [6, 6.07) is 3.56. The van der Waals surface area contributed by atoms with Gasteiger partial charge in [0.15, 0.2) is 0 Å². The fourth-order valence-corrected chi connectivity index (χ4v) is 2.22. The highest BCUT2D eigenvalue weighted by Crippen LogP contribution is 2.23. The summed E-state index contributed by atoms with van der Waals surface area (Å²) in [4.78, 5) is 4.16. The van der Waals surface area contributed by atoms with Crippen LogP contribution in [-0.4, -0.2) is 28.4 Å². The Hall–Kier alpha value is -1.13. The molecule has 4 nitrogen and oxygen atoms in total. The molecule has 0 spiro atoms. The van der Waals surface area contributed by atoms with Crippen LogP contribution in [-0.2, 0) is 11.3 Å². The van der Waals surface area contributed by atoms with Crippen molar-refractivity contribution in [2.45, 2.75) is 51.6 Å². The van der Waals surface area contributed by atoms with Gasteiger partial charge in [0.1, 0.15) is 6.10 Å². The molecule has 2 atom stereocenters. The molecule has 0 aromatic carbocycles. The van der Waals surface area contributed by atoms with Gasteiger partial charge in [-0.05, 0) is 25.5 Å². The summed E-state index contributed by atoms with van der Waals surface area (Å²) in [6.45, 7) is 4.13. The quantitative estimate of drug-likeness (QED) is 0.872. The van der Waals surface area contributed by atoms with Crippen molar-refractivity contribution in [3.63, 3.8) is 0 Å². The number of ether oxygens (including phenoxy) is 2. The van der Waals surface area contributed by atoms with Gasteiger partial charge in [0.05, 0.1) is 18.8 Å². The Kier molecular flexibility index (Phi) is 3.97. The lowest BCUT2D eigenvalue weighted by atomic mass is 10.0. The van der Waals surface area contributed by atoms with Gasteiger partial charge in [-0.3, -0.25) is 0 Å². The van der Waals surface area contributed by atoms with Crippen molar-refractivity contribution in [3.05, 3.63) is 23.9 Å². The maximum absolute atomic E-state index is 9.05. The lowest BCUT2D eigenvalue weighted by Gasteiger charge is -2.31. The molecule has 1 aliphatic rings. The summed E-state index contributed by atoms with van der Waals surface area (Å²) in [5.41, 5.74) is 0.822. The van der Waals surface area contributed by atoms with Gasteiger partial charge >= 0.3 is 0 Å². The molecule has 0 aliphatic carbocycles. The lowest BCUT2D eigenvalue weighted by Crippen LogP contribution is -2.35. The van der Waals surface area contributed by atoms with E-state index in [0.29, 0.717) is 5.88 Å². The minimum Gasteiger partial charge on any atom is -0.474 e. The molecule has 1 N–H and O–H groups in total. The predicted molar refractivity (Wildman–Crippen MR) is 63.8 cm³/mol. The van der Waals surface area contributed by atoms with Crippen molar-refractivity contribution in [1.82, 2.24) is 4.98 Å². The zero-order valence-electron chi connectivity index (χ0n) is 10.3. The first-order chi connectivity index (χ1) is 8.17. The van der Waals surface area contributed by atoms with Crippen LogP contribution in [0.3, 0.4) is 0 Å². The molecule has 2 heterocycles. The smallest absolute Gasteiger partial charge is 0.213 e. The summed E-state index contributed by atoms with van der Waals surface area (Å²) < 4.78 is 11.5. The minimum atomic E-state index is 0.0134. The Morgan fingerprint density at radius 2 is 2.12 bits per heavy atom. The van der Waals surface area contributed by atoms with E-state index < -0.39 is 0 Å². The van der Waals surface area contributed by atoms with E-state index in [1.807, 2.05) is 0 Å². The van der Waals surface area contributed by atoms with Crippen LogP contribution in [0.4, 0.5) is 0 Å². The number of pyridine rings is 1. The summed E-state index contributed by atoms with van der Waals surface area (Å²) in [6.07, 6.45) is 4.03. The molecule has 1 saturated heterocycles. The molecule has 2 rings (SSSR count). The molecule has 94 valence electrons. The Morgan fingerprint density at radius 3 is 2.76 bits per heavy atom. The Morgan fingerprint density at radius 1 is 1.41 bits per heavy atom. The Bertz CT molecular complexity index is 359. The molecule has 2 unspecified atom stereocenters. The van der Waals surface area contributed by atoms with E-state index >= 15 is 0 Å². The average Bonchev–Trinajstić information content (AvgIpc) is 2.28. The molecule has 1 aromatic rings. The fourth-order valence-electron chi connectivity index (χ4n) is 2.22. The van der Waals surface area contributed by atoms with Crippen molar-refractivity contribution >= 4 is 0 Å². The number of rotatable bonds is 3. The first kappa shape index (κ1) is 12.3. The highest BCUT2D eigenvalue weighted by molar-refractivity contribution is 5.19. The van der Waals surface area contributed by atoms with Crippen molar-refractivity contribution in [2.75, 3.05) is 0 Å². The predicted octanol–water partition coefficient (Wildman–Crippen LogP) is 1.91. The molecule has 0 bridgehead atoms. The van der Waals surface area contributed by atoms with E-state index in [9.17, 15) is 0 Å². The van der Waals surface area contributed by atoms with Gasteiger partial charge in [-0.1, -0.05) is 0 Å². The third kappa shape index (κ3) is 3.41. The second-order valence-electron chi connectivity index (χ2n) is 4.63. The lowest BCUT2D eigenvalue weighted by molar-refractivity contribution is -0.0729. The molecule has 0 amide bonds. The maximum atomic E-state index is 9.05. The second kappa shape index (κ2) is 5.47. The number of hydrogen-bond donors (Lipinski definition) is 1. The summed E-state index contributed by atoms with van der Waals surface area (Å²) in [7, 11) is 0. The second-order valence-corrected chi connectivity index (χ2v) is 4.63. The van der Waals surface area contributed by atoms with Crippen LogP contribution in [0, 0.1) is 0 Å². The summed E-state index contributed by atoms with van der Waals surface area (Å²) >= 11 is 0. The largest absolute Gasteiger partial charge is 0.474 e. The van der Waals surface area contributed by atoms with Crippen molar-refractivity contribution in [3.8, 4) is 5.88 Å². The zero-order valence-corrected chi connectivity index (χ0v) is 10.3. The van der Waals surface area contributed by atoms with E-state index in [1.54, 1.807) is 18.3 Å². The van der Waals surface area contributed by atoms with E-state index in [2.05, 4.69) is 18.8 Å². The van der Waals surface area contributed by atoms with Crippen LogP contribution < -0.4 is 4.74 Å². The molecule has 1 aliphatic heterocycles. The summed E-state index contributed by atoms with van der Waals surface area (Å²) in [5, 5.41) is 9.05. The normalized spacial score (nSPS) is 29.0. The number of aliphatic hydroxyl groups is 1. The average molecular weight is 237 g/mol. The first-order valence-corrected chi connectivity index (χ1v) is 6.05. The Labute approximate surface area is 102 Å². The van der Waals surface area contributed by atoms with Crippen molar-refractivity contribution in [1.29, 1.82) is 0 Å². The van der Waals surface area contributed by atoms with Gasteiger partial charge in [-0.15, -0.1) is 0 Å². The van der Waals surface area contributed by atoms with E-state index in [-0.39, 0.29) is 24.9 Å². The summed E-state index contributed by atoms with van der Waals surface area (Å²) in [5.74, 6) is 0.586. The third-order valence-electron chi connectivity index (χ3n) is 2.92. The molecular formula is C13H19NO3. The van der Waals surface area contributed by atoms with Crippen LogP contribution in [0.5, 0.6) is 5.88 Å². The molecule has 1 fully saturated rings. The molecule has 4 heteroatoms. The van der Waals surface area contributed by atoms with Gasteiger partial charge in [-0.25, -0.2) is 4.98 Å². The van der Waals surface area contributed by atoms with Crippen molar-refractivity contribution < 1.29 is 14.6 Å². The standard InChI is InChI=1S/C13H19NO3/c1-9-5-12(6-10(2)16-9)17-13-7-11(8-15)3-4-14-13/h3-4,7,9-10,12,15H,5-6,8H2,1-2H3. The monoisotopic (exact) mass is 237 g/mol. The molecule has 0 radical (unpaired) electrons. The van der Waals surface area contributed by atoms with Gasteiger partial charge in [0.25, 0.3) is 0 Å². The number of hydrogen-bond acceptors (Lipinski definition) is 4. The molecule has 1 aromatic heterocycles. The van der Waals surface area contributed by atoms with Crippen LogP contribution >= 0.6 is 0 Å². The Balaban J connectivity index is 1.99. The van der Waals surface area contributed by atoms with E-state index in [1.165, 1.54) is 0 Å². The van der Waals surface area contributed by atoms with Gasteiger partial charge in [0, 0.05) is 25.1 Å². The van der Waals surface area contributed by atoms with Crippen molar-refractivity contribution in [2.24, 2.45) is 0 Å². The van der Waals surface area contributed by atoms with Crippen LogP contribution in [0.2, 0.25) is 0 Å². The third-order valence-corrected chi connectivity index (χ3v) is 2.92. The molecular weight excluding hydrogens is 218 g/mol. The SMILES string of the molecule is CC1CC(Oc2cc(CO)ccn2)CC(C)O1. The van der Waals surface area contributed by atoms with Crippen LogP contribution in [0.25, 0.3) is 0 Å². The first-order valence-electron chi connectivity index (χ1n) is 6.05. The maximum Gasteiger partial charge on any atom is 0.213 e. The van der Waals surface area contributed by atoms with Crippen LogP contribution in [0.1, 0.15) is 32.3 Å². The minimum absolute atomic E-state index is 0.0134. The zero-order chi connectivity index (χ0) is 12.3. The molecule has 17 heavy (non-hydrogen) atoms. The highest BCUT2D eigenvalue weighted by Gasteiger charge is 2.26. The van der Waals surface area contributed by atoms with Gasteiger partial charge < -0.3 is 14.6 Å². The van der Waals surface area contributed by atoms with Crippen LogP contribution in [0.15, 0.2) is 18.3 Å². The number of aliphatic hydroxyl groups excluding tert-OH is 1. The van der Waals surface area contributed by atoms with Gasteiger partial charge in [0.2, 0.25) is 5.88 Å². The number of nitrogens with zero attached hydrogens (tertiary/aromatic N) is 1. The highest BCUT2D eigenvalue weighted by atomic mass is 16.5. The molecule has 0 saturated carbocycles. The van der Waals surface area contributed by atoms with E-state index in [0.717, 1.165) is 18.4 Å². The van der Waals surface area contributed by atoms with Gasteiger partial charge in [-0.2, -0.15) is 0 Å². The fraction of sp³-hybridized carbons (Fsp3) is 0.615. The van der Waals surface area contributed by atoms with E-state index in [4.69, 9.17) is 14.6 Å².